The maximum Gasteiger partial charge on any atom is 0.264 e. The quantitative estimate of drug-likeness (QED) is 0.322. The van der Waals surface area contributed by atoms with Gasteiger partial charge in [-0.2, -0.15) is 0 Å². The van der Waals surface area contributed by atoms with Gasteiger partial charge in [0.2, 0.25) is 0 Å². The Labute approximate surface area is 194 Å². The van der Waals surface area contributed by atoms with Crippen molar-refractivity contribution < 1.29 is 9.53 Å². The summed E-state index contributed by atoms with van der Waals surface area (Å²) >= 11 is 5.05. The van der Waals surface area contributed by atoms with Crippen molar-refractivity contribution in [1.29, 1.82) is 0 Å². The molecule has 0 unspecified atom stereocenters. The molecule has 1 heterocycles. The zero-order valence-electron chi connectivity index (χ0n) is 17.8. The molecule has 0 atom stereocenters. The molecular weight excluding hydrogens is 474 g/mol. The summed E-state index contributed by atoms with van der Waals surface area (Å²) in [5, 5.41) is 2.59. The minimum absolute atomic E-state index is 0.0970. The van der Waals surface area contributed by atoms with Crippen LogP contribution in [0.3, 0.4) is 0 Å². The molecule has 1 aromatic heterocycles. The molecule has 0 spiro atoms. The van der Waals surface area contributed by atoms with E-state index in [0.717, 1.165) is 32.0 Å². The van der Waals surface area contributed by atoms with Crippen LogP contribution in [0.4, 0.5) is 5.13 Å². The van der Waals surface area contributed by atoms with Gasteiger partial charge >= 0.3 is 0 Å². The Balaban J connectivity index is 1.85. The Bertz CT molecular complexity index is 1240. The van der Waals surface area contributed by atoms with Crippen molar-refractivity contribution in [1.82, 2.24) is 9.88 Å². The molecule has 3 aromatic carbocycles. The highest BCUT2D eigenvalue weighted by atomic mass is 79.9. The molecule has 4 aromatic rings. The number of carbonyl (C=O) groups excluding carboxylic acids is 1. The van der Waals surface area contributed by atoms with E-state index in [2.05, 4.69) is 20.8 Å². The third-order valence-corrected chi connectivity index (χ3v) is 6.52. The van der Waals surface area contributed by atoms with E-state index in [-0.39, 0.29) is 5.91 Å². The Morgan fingerprint density at radius 1 is 1.10 bits per heavy atom. The third kappa shape index (κ3) is 4.59. The van der Waals surface area contributed by atoms with E-state index in [1.807, 2.05) is 75.6 Å². The summed E-state index contributed by atoms with van der Waals surface area (Å²) in [6.45, 7) is 3.67. The number of nitrogens with zero attached hydrogens (tertiary/aromatic N) is 3. The fourth-order valence-electron chi connectivity index (χ4n) is 3.47. The summed E-state index contributed by atoms with van der Waals surface area (Å²) in [5.74, 6) is 0.505. The number of likely N-dealkylation sites (N-methyl/N-ethyl adjacent to an activating group) is 1. The van der Waals surface area contributed by atoms with E-state index in [1.165, 1.54) is 11.3 Å². The standard InChI is InChI=1S/C24H24BrN3O2S/c1-4-30-20-12-9-16-7-5-6-8-18(16)22(20)23(29)28(14-13-27(2)3)24-26-19-11-10-17(25)15-21(19)31-24/h5-12,15H,4,13-14H2,1-3H3. The monoisotopic (exact) mass is 497 g/mol. The zero-order valence-corrected chi connectivity index (χ0v) is 20.2. The van der Waals surface area contributed by atoms with Gasteiger partial charge in [-0.1, -0.05) is 57.6 Å². The average molecular weight is 498 g/mol. The van der Waals surface area contributed by atoms with Crippen LogP contribution in [0.15, 0.2) is 59.1 Å². The maximum atomic E-state index is 14.0. The zero-order chi connectivity index (χ0) is 22.0. The summed E-state index contributed by atoms with van der Waals surface area (Å²) in [6, 6.07) is 17.8. The Morgan fingerprint density at radius 2 is 1.90 bits per heavy atom. The number of fused-ring (bicyclic) bond motifs is 2. The van der Waals surface area contributed by atoms with Crippen LogP contribution in [-0.2, 0) is 0 Å². The van der Waals surface area contributed by atoms with Crippen molar-refractivity contribution in [2.24, 2.45) is 0 Å². The summed E-state index contributed by atoms with van der Waals surface area (Å²) in [5.41, 5.74) is 1.47. The molecule has 1 amide bonds. The molecule has 0 aliphatic carbocycles. The van der Waals surface area contributed by atoms with Crippen molar-refractivity contribution >= 4 is 59.3 Å². The number of hydrogen-bond acceptors (Lipinski definition) is 5. The number of aromatic nitrogens is 1. The summed E-state index contributed by atoms with van der Waals surface area (Å²) in [6.07, 6.45) is 0. The first kappa shape index (κ1) is 21.7. The molecule has 0 N–H and O–H groups in total. The van der Waals surface area contributed by atoms with Crippen LogP contribution in [0.25, 0.3) is 21.0 Å². The van der Waals surface area contributed by atoms with Gasteiger partial charge in [-0.15, -0.1) is 0 Å². The Morgan fingerprint density at radius 3 is 2.68 bits per heavy atom. The first-order chi connectivity index (χ1) is 15.0. The molecule has 4 rings (SSSR count). The van der Waals surface area contributed by atoms with Crippen LogP contribution >= 0.6 is 27.3 Å². The summed E-state index contributed by atoms with van der Waals surface area (Å²) in [7, 11) is 4.00. The van der Waals surface area contributed by atoms with E-state index in [4.69, 9.17) is 9.72 Å². The van der Waals surface area contributed by atoms with E-state index >= 15 is 0 Å². The lowest BCUT2D eigenvalue weighted by atomic mass is 10.0. The van der Waals surface area contributed by atoms with Gasteiger partial charge < -0.3 is 9.64 Å². The van der Waals surface area contributed by atoms with Crippen LogP contribution in [0.5, 0.6) is 5.75 Å². The second kappa shape index (κ2) is 9.34. The number of ether oxygens (including phenoxy) is 1. The van der Waals surface area contributed by atoms with Crippen molar-refractivity contribution in [3.05, 3.63) is 64.6 Å². The SMILES string of the molecule is CCOc1ccc2ccccc2c1C(=O)N(CCN(C)C)c1nc2ccc(Br)cc2s1. The van der Waals surface area contributed by atoms with E-state index < -0.39 is 0 Å². The smallest absolute Gasteiger partial charge is 0.264 e. The van der Waals surface area contributed by atoms with Gasteiger partial charge in [-0.3, -0.25) is 9.69 Å². The number of thiazole rings is 1. The average Bonchev–Trinajstić information content (AvgIpc) is 3.16. The van der Waals surface area contributed by atoms with Gasteiger partial charge in [0.05, 0.1) is 22.4 Å². The van der Waals surface area contributed by atoms with Crippen LogP contribution in [0, 0.1) is 0 Å². The van der Waals surface area contributed by atoms with Gasteiger partial charge in [0.25, 0.3) is 5.91 Å². The molecule has 0 saturated heterocycles. The lowest BCUT2D eigenvalue weighted by Crippen LogP contribution is -2.37. The number of halogens is 1. The van der Waals surface area contributed by atoms with Gasteiger partial charge in [-0.05, 0) is 56.1 Å². The summed E-state index contributed by atoms with van der Waals surface area (Å²) < 4.78 is 7.90. The molecule has 7 heteroatoms. The van der Waals surface area contributed by atoms with Crippen LogP contribution in [0.2, 0.25) is 0 Å². The molecule has 0 radical (unpaired) electrons. The van der Waals surface area contributed by atoms with E-state index in [0.29, 0.717) is 29.6 Å². The normalized spacial score (nSPS) is 11.4. The van der Waals surface area contributed by atoms with Gasteiger partial charge in [0, 0.05) is 17.6 Å². The third-order valence-electron chi connectivity index (χ3n) is 4.99. The molecule has 0 bridgehead atoms. The molecule has 160 valence electrons. The second-order valence-electron chi connectivity index (χ2n) is 7.46. The molecule has 0 aliphatic rings. The lowest BCUT2D eigenvalue weighted by molar-refractivity contribution is 0.0983. The molecule has 0 saturated carbocycles. The highest BCUT2D eigenvalue weighted by Crippen LogP contribution is 2.35. The van der Waals surface area contributed by atoms with Gasteiger partial charge in [0.1, 0.15) is 5.75 Å². The van der Waals surface area contributed by atoms with Gasteiger partial charge in [-0.25, -0.2) is 4.98 Å². The number of amides is 1. The van der Waals surface area contributed by atoms with Crippen molar-refractivity contribution in [3.63, 3.8) is 0 Å². The fraction of sp³-hybridized carbons (Fsp3) is 0.250. The number of anilines is 1. The number of hydrogen-bond donors (Lipinski definition) is 0. The minimum atomic E-state index is -0.0970. The largest absolute Gasteiger partial charge is 0.493 e. The van der Waals surface area contributed by atoms with Crippen LogP contribution in [0.1, 0.15) is 17.3 Å². The lowest BCUT2D eigenvalue weighted by Gasteiger charge is -2.24. The summed E-state index contributed by atoms with van der Waals surface area (Å²) in [4.78, 5) is 22.6. The predicted octanol–water partition coefficient (Wildman–Crippen LogP) is 5.82. The number of rotatable bonds is 7. The first-order valence-electron chi connectivity index (χ1n) is 10.1. The topological polar surface area (TPSA) is 45.7 Å². The number of carbonyl (C=O) groups is 1. The Kier molecular flexibility index (Phi) is 6.55. The fourth-order valence-corrected chi connectivity index (χ4v) is 5.01. The highest BCUT2D eigenvalue weighted by molar-refractivity contribution is 9.10. The molecular formula is C24H24BrN3O2S. The maximum absolute atomic E-state index is 14.0. The van der Waals surface area contributed by atoms with Crippen LogP contribution < -0.4 is 9.64 Å². The first-order valence-corrected chi connectivity index (χ1v) is 11.8. The molecule has 0 aliphatic heterocycles. The van der Waals surface area contributed by atoms with Crippen LogP contribution in [-0.4, -0.2) is 49.6 Å². The second-order valence-corrected chi connectivity index (χ2v) is 9.39. The molecule has 0 fully saturated rings. The van der Waals surface area contributed by atoms with Crippen molar-refractivity contribution in [2.75, 3.05) is 38.7 Å². The number of benzene rings is 3. The van der Waals surface area contributed by atoms with E-state index in [9.17, 15) is 4.79 Å². The Hall–Kier alpha value is -2.48. The van der Waals surface area contributed by atoms with Crippen molar-refractivity contribution in [2.45, 2.75) is 6.92 Å². The highest BCUT2D eigenvalue weighted by Gasteiger charge is 2.26. The molecule has 5 nitrogen and oxygen atoms in total. The van der Waals surface area contributed by atoms with Crippen molar-refractivity contribution in [3.8, 4) is 5.75 Å². The van der Waals surface area contributed by atoms with Gasteiger partial charge in [0.15, 0.2) is 5.13 Å². The predicted molar refractivity (Wildman–Crippen MR) is 133 cm³/mol. The van der Waals surface area contributed by atoms with E-state index in [1.54, 1.807) is 4.90 Å². The molecule has 31 heavy (non-hydrogen) atoms. The minimum Gasteiger partial charge on any atom is -0.493 e.